The van der Waals surface area contributed by atoms with Crippen LogP contribution in [0.3, 0.4) is 0 Å². The third kappa shape index (κ3) is 1.45. The molecule has 0 radical (unpaired) electrons. The summed E-state index contributed by atoms with van der Waals surface area (Å²) in [5.74, 6) is 1.21. The molecule has 0 N–H and O–H groups in total. The molecule has 0 aromatic carbocycles. The third-order valence-electron chi connectivity index (χ3n) is 2.94. The molecule has 2 atom stereocenters. The van der Waals surface area contributed by atoms with E-state index in [0.29, 0.717) is 17.6 Å². The molecule has 1 nitrogen and oxygen atoms in total. The Kier molecular flexibility index (Phi) is 3.07. The number of hydrogen-bond donors (Lipinski definition) is 0. The number of ketones is 1. The van der Waals surface area contributed by atoms with E-state index in [1.807, 2.05) is 6.08 Å². The molecule has 0 saturated carbocycles. The van der Waals surface area contributed by atoms with Gasteiger partial charge in [-0.2, -0.15) is 0 Å². The Balaban J connectivity index is 2.79. The summed E-state index contributed by atoms with van der Waals surface area (Å²) in [5.41, 5.74) is 1.37. The van der Waals surface area contributed by atoms with E-state index in [2.05, 4.69) is 20.8 Å². The summed E-state index contributed by atoms with van der Waals surface area (Å²) >= 11 is 0. The van der Waals surface area contributed by atoms with Crippen LogP contribution in [0.4, 0.5) is 0 Å². The molecule has 0 fully saturated rings. The Labute approximate surface area is 74.9 Å². The number of carbonyl (C=O) groups is 1. The molecule has 0 saturated heterocycles. The zero-order chi connectivity index (χ0) is 9.14. The molecule has 0 spiro atoms. The van der Waals surface area contributed by atoms with Crippen molar-refractivity contribution in [2.45, 2.75) is 40.0 Å². The normalized spacial score (nSPS) is 29.2. The fraction of sp³-hybridized carbons (Fsp3) is 0.727. The first-order chi connectivity index (χ1) is 5.74. The lowest BCUT2D eigenvalue weighted by atomic mass is 9.86. The van der Waals surface area contributed by atoms with Gasteiger partial charge in [-0.15, -0.1) is 0 Å². The fourth-order valence-electron chi connectivity index (χ4n) is 2.25. The van der Waals surface area contributed by atoms with Crippen LogP contribution in [0.5, 0.6) is 0 Å². The van der Waals surface area contributed by atoms with Crippen LogP contribution in [-0.2, 0) is 4.79 Å². The zero-order valence-corrected chi connectivity index (χ0v) is 8.26. The summed E-state index contributed by atoms with van der Waals surface area (Å²) < 4.78 is 0. The highest BCUT2D eigenvalue weighted by Crippen LogP contribution is 2.35. The van der Waals surface area contributed by atoms with Gasteiger partial charge in [-0.1, -0.05) is 26.3 Å². The number of hydrogen-bond acceptors (Lipinski definition) is 1. The van der Waals surface area contributed by atoms with Crippen LogP contribution in [0.2, 0.25) is 0 Å². The highest BCUT2D eigenvalue weighted by atomic mass is 16.1. The maximum absolute atomic E-state index is 11.5. The molecule has 0 bridgehead atoms. The van der Waals surface area contributed by atoms with E-state index in [9.17, 15) is 4.79 Å². The predicted octanol–water partition coefficient (Wildman–Crippen LogP) is 2.96. The highest BCUT2D eigenvalue weighted by molar-refractivity contribution is 5.95. The molecule has 12 heavy (non-hydrogen) atoms. The summed E-state index contributed by atoms with van der Waals surface area (Å²) in [6.45, 7) is 6.42. The molecule has 0 aliphatic heterocycles. The van der Waals surface area contributed by atoms with Gasteiger partial charge in [-0.3, -0.25) is 4.79 Å². The van der Waals surface area contributed by atoms with Gasteiger partial charge in [0.1, 0.15) is 0 Å². The van der Waals surface area contributed by atoms with Gasteiger partial charge in [0.15, 0.2) is 5.78 Å². The van der Waals surface area contributed by atoms with E-state index in [4.69, 9.17) is 0 Å². The van der Waals surface area contributed by atoms with Gasteiger partial charge in [-0.05, 0) is 31.3 Å². The topological polar surface area (TPSA) is 17.1 Å². The standard InChI is InChI=1S/C11H18O/c1-4-8-7-11(12)10(6-3)9(8)5-2/h7,9-10H,4-6H2,1-3H3. The van der Waals surface area contributed by atoms with Gasteiger partial charge >= 0.3 is 0 Å². The van der Waals surface area contributed by atoms with E-state index in [-0.39, 0.29) is 0 Å². The molecule has 1 aliphatic rings. The van der Waals surface area contributed by atoms with Crippen molar-refractivity contribution >= 4 is 5.78 Å². The average Bonchev–Trinajstić information content (AvgIpc) is 2.40. The van der Waals surface area contributed by atoms with Crippen molar-refractivity contribution in [1.29, 1.82) is 0 Å². The molecular formula is C11H18O. The summed E-state index contributed by atoms with van der Waals surface area (Å²) in [6.07, 6.45) is 5.03. The summed E-state index contributed by atoms with van der Waals surface area (Å²) in [6, 6.07) is 0. The maximum Gasteiger partial charge on any atom is 0.159 e. The lowest BCUT2D eigenvalue weighted by Crippen LogP contribution is -2.15. The van der Waals surface area contributed by atoms with E-state index in [0.717, 1.165) is 19.3 Å². The van der Waals surface area contributed by atoms with Gasteiger partial charge in [0.2, 0.25) is 0 Å². The molecule has 68 valence electrons. The molecule has 0 aromatic heterocycles. The molecule has 0 amide bonds. The fourth-order valence-corrected chi connectivity index (χ4v) is 2.25. The monoisotopic (exact) mass is 166 g/mol. The first-order valence-corrected chi connectivity index (χ1v) is 4.98. The largest absolute Gasteiger partial charge is 0.295 e. The Bertz CT molecular complexity index is 203. The summed E-state index contributed by atoms with van der Waals surface area (Å²) in [4.78, 5) is 11.5. The van der Waals surface area contributed by atoms with Gasteiger partial charge in [-0.25, -0.2) is 0 Å². The minimum atomic E-state index is 0.296. The van der Waals surface area contributed by atoms with Crippen molar-refractivity contribution in [3.8, 4) is 0 Å². The SMILES string of the molecule is CCC1=CC(=O)C(CC)C1CC. The molecule has 2 unspecified atom stereocenters. The van der Waals surface area contributed by atoms with Crippen LogP contribution < -0.4 is 0 Å². The molecule has 0 heterocycles. The van der Waals surface area contributed by atoms with Gasteiger partial charge in [0.25, 0.3) is 0 Å². The Morgan fingerprint density at radius 1 is 1.17 bits per heavy atom. The van der Waals surface area contributed by atoms with Crippen molar-refractivity contribution in [3.05, 3.63) is 11.6 Å². The highest BCUT2D eigenvalue weighted by Gasteiger charge is 2.32. The quantitative estimate of drug-likeness (QED) is 0.630. The maximum atomic E-state index is 11.5. The van der Waals surface area contributed by atoms with Crippen LogP contribution in [-0.4, -0.2) is 5.78 Å². The Morgan fingerprint density at radius 3 is 2.17 bits per heavy atom. The second-order valence-electron chi connectivity index (χ2n) is 3.50. The smallest absolute Gasteiger partial charge is 0.159 e. The van der Waals surface area contributed by atoms with Gasteiger partial charge in [0.05, 0.1) is 0 Å². The average molecular weight is 166 g/mol. The molecule has 0 aromatic rings. The van der Waals surface area contributed by atoms with Crippen LogP contribution >= 0.6 is 0 Å². The lowest BCUT2D eigenvalue weighted by Gasteiger charge is -2.17. The molecule has 1 rings (SSSR count). The zero-order valence-electron chi connectivity index (χ0n) is 8.26. The van der Waals surface area contributed by atoms with Crippen molar-refractivity contribution < 1.29 is 4.79 Å². The third-order valence-corrected chi connectivity index (χ3v) is 2.94. The second kappa shape index (κ2) is 3.88. The Hall–Kier alpha value is -0.590. The molecule has 1 aliphatic carbocycles. The minimum Gasteiger partial charge on any atom is -0.295 e. The number of rotatable bonds is 3. The van der Waals surface area contributed by atoms with E-state index < -0.39 is 0 Å². The van der Waals surface area contributed by atoms with Crippen molar-refractivity contribution in [3.63, 3.8) is 0 Å². The first-order valence-electron chi connectivity index (χ1n) is 4.98. The van der Waals surface area contributed by atoms with Crippen molar-refractivity contribution in [1.82, 2.24) is 0 Å². The summed E-state index contributed by atoms with van der Waals surface area (Å²) in [7, 11) is 0. The van der Waals surface area contributed by atoms with Gasteiger partial charge < -0.3 is 0 Å². The Morgan fingerprint density at radius 2 is 1.75 bits per heavy atom. The summed E-state index contributed by atoms with van der Waals surface area (Å²) in [5, 5.41) is 0. The van der Waals surface area contributed by atoms with E-state index in [1.165, 1.54) is 5.57 Å². The van der Waals surface area contributed by atoms with Crippen LogP contribution in [0.15, 0.2) is 11.6 Å². The minimum absolute atomic E-state index is 0.296. The van der Waals surface area contributed by atoms with Crippen LogP contribution in [0.25, 0.3) is 0 Å². The lowest BCUT2D eigenvalue weighted by molar-refractivity contribution is -0.118. The number of carbonyl (C=O) groups excluding carboxylic acids is 1. The van der Waals surface area contributed by atoms with Gasteiger partial charge in [0, 0.05) is 5.92 Å². The predicted molar refractivity (Wildman–Crippen MR) is 50.9 cm³/mol. The van der Waals surface area contributed by atoms with Crippen LogP contribution in [0.1, 0.15) is 40.0 Å². The number of allylic oxidation sites excluding steroid dienone is 2. The first kappa shape index (κ1) is 9.50. The van der Waals surface area contributed by atoms with E-state index in [1.54, 1.807) is 0 Å². The van der Waals surface area contributed by atoms with E-state index >= 15 is 0 Å². The molecular weight excluding hydrogens is 148 g/mol. The van der Waals surface area contributed by atoms with Crippen molar-refractivity contribution in [2.75, 3.05) is 0 Å². The van der Waals surface area contributed by atoms with Crippen molar-refractivity contribution in [2.24, 2.45) is 11.8 Å². The van der Waals surface area contributed by atoms with Crippen LogP contribution in [0, 0.1) is 11.8 Å². The molecule has 1 heteroatoms. The second-order valence-corrected chi connectivity index (χ2v) is 3.50.